The lowest BCUT2D eigenvalue weighted by Gasteiger charge is -2.34. The highest BCUT2D eigenvalue weighted by Gasteiger charge is 2.30. The van der Waals surface area contributed by atoms with Crippen molar-refractivity contribution in [3.05, 3.63) is 77.0 Å². The highest BCUT2D eigenvalue weighted by Crippen LogP contribution is 2.44. The van der Waals surface area contributed by atoms with Gasteiger partial charge in [0.2, 0.25) is 0 Å². The first-order valence-corrected chi connectivity index (χ1v) is 9.84. The smallest absolute Gasteiger partial charge is 0.315 e. The van der Waals surface area contributed by atoms with E-state index in [9.17, 15) is 4.79 Å². The van der Waals surface area contributed by atoms with Crippen LogP contribution in [-0.2, 0) is 16.0 Å². The minimum atomic E-state index is -0.163. The molecule has 0 spiro atoms. The number of rotatable bonds is 4. The number of fused-ring (bicyclic) bond motifs is 1. The number of ether oxygens (including phenoxy) is 1. The van der Waals surface area contributed by atoms with Gasteiger partial charge in [-0.2, -0.15) is 0 Å². The summed E-state index contributed by atoms with van der Waals surface area (Å²) in [5.41, 5.74) is 3.65. The van der Waals surface area contributed by atoms with E-state index in [4.69, 9.17) is 4.74 Å². The summed E-state index contributed by atoms with van der Waals surface area (Å²) >= 11 is 0. The number of carbonyl (C=O) groups is 1. The second-order valence-corrected chi connectivity index (χ2v) is 7.58. The molecule has 1 atom stereocenters. The number of hydrogen-bond donors (Lipinski definition) is 0. The van der Waals surface area contributed by atoms with Gasteiger partial charge in [-0.1, -0.05) is 73.9 Å². The van der Waals surface area contributed by atoms with E-state index in [1.54, 1.807) is 0 Å². The van der Waals surface area contributed by atoms with E-state index in [2.05, 4.69) is 30.3 Å². The summed E-state index contributed by atoms with van der Waals surface area (Å²) in [4.78, 5) is 12.4. The van der Waals surface area contributed by atoms with Crippen LogP contribution in [0.2, 0.25) is 0 Å². The Morgan fingerprint density at radius 3 is 2.46 bits per heavy atom. The van der Waals surface area contributed by atoms with Crippen molar-refractivity contribution in [3.8, 4) is 0 Å². The van der Waals surface area contributed by atoms with Gasteiger partial charge >= 0.3 is 5.97 Å². The molecule has 4 rings (SSSR count). The summed E-state index contributed by atoms with van der Waals surface area (Å²) in [6.07, 6.45) is 9.86. The van der Waals surface area contributed by atoms with Crippen LogP contribution >= 0.6 is 0 Å². The lowest BCUT2D eigenvalue weighted by molar-refractivity contribution is -0.138. The van der Waals surface area contributed by atoms with Gasteiger partial charge in [0.25, 0.3) is 0 Å². The predicted octanol–water partition coefficient (Wildman–Crippen LogP) is 5.88. The largest absolute Gasteiger partial charge is 0.431 e. The van der Waals surface area contributed by atoms with E-state index < -0.39 is 0 Å². The minimum absolute atomic E-state index is 0.163. The molecular formula is C24H26O2. The quantitative estimate of drug-likeness (QED) is 0.646. The SMILES string of the molecule is O=C(Cc1ccccc1)OC1=Cc2ccccc2[C@H](C2CCCCC2)C1. The minimum Gasteiger partial charge on any atom is -0.431 e. The van der Waals surface area contributed by atoms with Gasteiger partial charge in [-0.3, -0.25) is 4.79 Å². The Labute approximate surface area is 155 Å². The lowest BCUT2D eigenvalue weighted by atomic mass is 9.72. The van der Waals surface area contributed by atoms with Crippen LogP contribution in [0.25, 0.3) is 6.08 Å². The van der Waals surface area contributed by atoms with Gasteiger partial charge in [0.05, 0.1) is 6.42 Å². The molecule has 0 bridgehead atoms. The molecule has 134 valence electrons. The Morgan fingerprint density at radius 1 is 0.923 bits per heavy atom. The van der Waals surface area contributed by atoms with Gasteiger partial charge in [-0.25, -0.2) is 0 Å². The first-order valence-electron chi connectivity index (χ1n) is 9.84. The molecule has 0 aromatic heterocycles. The molecular weight excluding hydrogens is 320 g/mol. The highest BCUT2D eigenvalue weighted by molar-refractivity contribution is 5.75. The second kappa shape index (κ2) is 7.90. The molecule has 0 saturated heterocycles. The summed E-state index contributed by atoms with van der Waals surface area (Å²) in [7, 11) is 0. The van der Waals surface area contributed by atoms with E-state index >= 15 is 0 Å². The maximum atomic E-state index is 12.4. The number of hydrogen-bond acceptors (Lipinski definition) is 2. The fraction of sp³-hybridized carbons (Fsp3) is 0.375. The van der Waals surface area contributed by atoms with E-state index in [1.807, 2.05) is 30.3 Å². The third-order valence-corrected chi connectivity index (χ3v) is 5.79. The number of benzene rings is 2. The monoisotopic (exact) mass is 346 g/mol. The third-order valence-electron chi connectivity index (χ3n) is 5.79. The summed E-state index contributed by atoms with van der Waals surface area (Å²) in [5.74, 6) is 1.86. The first-order chi connectivity index (χ1) is 12.8. The molecule has 2 aromatic carbocycles. The molecule has 2 aromatic rings. The molecule has 1 saturated carbocycles. The molecule has 2 aliphatic rings. The van der Waals surface area contributed by atoms with Crippen molar-refractivity contribution < 1.29 is 9.53 Å². The topological polar surface area (TPSA) is 26.3 Å². The van der Waals surface area contributed by atoms with Crippen LogP contribution in [0, 0.1) is 5.92 Å². The first kappa shape index (κ1) is 17.1. The van der Waals surface area contributed by atoms with Crippen LogP contribution in [0.5, 0.6) is 0 Å². The van der Waals surface area contributed by atoms with Crippen molar-refractivity contribution in [1.29, 1.82) is 0 Å². The average Bonchev–Trinajstić information content (AvgIpc) is 2.69. The molecule has 0 heterocycles. The Bertz CT molecular complexity index is 785. The maximum Gasteiger partial charge on any atom is 0.315 e. The van der Waals surface area contributed by atoms with Crippen LogP contribution in [0.4, 0.5) is 0 Å². The van der Waals surface area contributed by atoms with Crippen molar-refractivity contribution >= 4 is 12.0 Å². The van der Waals surface area contributed by atoms with Crippen LogP contribution in [-0.4, -0.2) is 5.97 Å². The molecule has 2 heteroatoms. The van der Waals surface area contributed by atoms with Gasteiger partial charge < -0.3 is 4.74 Å². The Kier molecular flexibility index (Phi) is 5.19. The van der Waals surface area contributed by atoms with Gasteiger partial charge in [-0.05, 0) is 47.4 Å². The fourth-order valence-corrected chi connectivity index (χ4v) is 4.51. The van der Waals surface area contributed by atoms with E-state index in [1.165, 1.54) is 43.2 Å². The zero-order chi connectivity index (χ0) is 17.8. The molecule has 0 unspecified atom stereocenters. The van der Waals surface area contributed by atoms with Crippen LogP contribution in [0.3, 0.4) is 0 Å². The van der Waals surface area contributed by atoms with Gasteiger partial charge in [0.15, 0.2) is 0 Å². The van der Waals surface area contributed by atoms with Crippen molar-refractivity contribution in [1.82, 2.24) is 0 Å². The Hall–Kier alpha value is -2.35. The summed E-state index contributed by atoms with van der Waals surface area (Å²) < 4.78 is 5.80. The number of allylic oxidation sites excluding steroid dienone is 1. The third kappa shape index (κ3) is 3.90. The number of carbonyl (C=O) groups excluding carboxylic acids is 1. The molecule has 1 fully saturated rings. The normalized spacial score (nSPS) is 20.2. The molecule has 2 nitrogen and oxygen atoms in total. The van der Waals surface area contributed by atoms with Crippen molar-refractivity contribution in [2.75, 3.05) is 0 Å². The maximum absolute atomic E-state index is 12.4. The van der Waals surface area contributed by atoms with E-state index in [0.717, 1.165) is 17.7 Å². The summed E-state index contributed by atoms with van der Waals surface area (Å²) in [6, 6.07) is 18.4. The van der Waals surface area contributed by atoms with Crippen LogP contribution in [0.15, 0.2) is 60.4 Å². The van der Waals surface area contributed by atoms with E-state index in [0.29, 0.717) is 18.3 Å². The van der Waals surface area contributed by atoms with Gasteiger partial charge in [0, 0.05) is 6.42 Å². The van der Waals surface area contributed by atoms with Gasteiger partial charge in [-0.15, -0.1) is 0 Å². The van der Waals surface area contributed by atoms with Crippen LogP contribution < -0.4 is 0 Å². The Balaban J connectivity index is 1.51. The molecule has 0 aliphatic heterocycles. The fourth-order valence-electron chi connectivity index (χ4n) is 4.51. The predicted molar refractivity (Wildman–Crippen MR) is 105 cm³/mol. The Morgan fingerprint density at radius 2 is 1.65 bits per heavy atom. The standard InChI is InChI=1S/C24H26O2/c25-24(15-18-9-3-1-4-10-18)26-21-16-20-13-7-8-14-22(20)23(17-21)19-11-5-2-6-12-19/h1,3-4,7-10,13-14,16,19,23H,2,5-6,11-12,15,17H2/t23-/m0/s1. The summed E-state index contributed by atoms with van der Waals surface area (Å²) in [6.45, 7) is 0. The van der Waals surface area contributed by atoms with Crippen molar-refractivity contribution in [3.63, 3.8) is 0 Å². The highest BCUT2D eigenvalue weighted by atomic mass is 16.5. The van der Waals surface area contributed by atoms with Gasteiger partial charge in [0.1, 0.15) is 5.76 Å². The number of esters is 1. The average molecular weight is 346 g/mol. The zero-order valence-corrected chi connectivity index (χ0v) is 15.2. The molecule has 0 N–H and O–H groups in total. The zero-order valence-electron chi connectivity index (χ0n) is 15.2. The van der Waals surface area contributed by atoms with Crippen molar-refractivity contribution in [2.24, 2.45) is 5.92 Å². The van der Waals surface area contributed by atoms with Crippen molar-refractivity contribution in [2.45, 2.75) is 50.9 Å². The molecule has 0 amide bonds. The second-order valence-electron chi connectivity index (χ2n) is 7.58. The molecule has 0 radical (unpaired) electrons. The molecule has 2 aliphatic carbocycles. The summed E-state index contributed by atoms with van der Waals surface area (Å²) in [5, 5.41) is 0. The van der Waals surface area contributed by atoms with E-state index in [-0.39, 0.29) is 5.97 Å². The lowest BCUT2D eigenvalue weighted by Crippen LogP contribution is -2.21. The molecule has 26 heavy (non-hydrogen) atoms. The van der Waals surface area contributed by atoms with Crippen LogP contribution in [0.1, 0.15) is 61.1 Å².